The van der Waals surface area contributed by atoms with Gasteiger partial charge in [-0.25, -0.2) is 0 Å². The third-order valence-corrected chi connectivity index (χ3v) is 3.15. The molecular formula is C14H18N2O2. The number of amides is 1. The van der Waals surface area contributed by atoms with Crippen molar-refractivity contribution in [1.29, 1.82) is 0 Å². The molecule has 0 aliphatic carbocycles. The van der Waals surface area contributed by atoms with Gasteiger partial charge in [-0.1, -0.05) is 12.1 Å². The molecule has 4 heteroatoms. The lowest BCUT2D eigenvalue weighted by Crippen LogP contribution is -2.27. The zero-order valence-electron chi connectivity index (χ0n) is 10.5. The molecule has 0 aromatic heterocycles. The summed E-state index contributed by atoms with van der Waals surface area (Å²) < 4.78 is 0. The summed E-state index contributed by atoms with van der Waals surface area (Å²) in [6, 6.07) is 7.33. The standard InChI is InChI=1S/C14H18N2O2/c1-10(17)11-4-2-5-13(8-11)16-14(18)9-12-6-3-7-15-12/h2,4-5,8,12,15H,3,6-7,9H2,1H3,(H,16,18). The Labute approximate surface area is 107 Å². The first-order valence-electron chi connectivity index (χ1n) is 6.29. The summed E-state index contributed by atoms with van der Waals surface area (Å²) in [6.45, 7) is 2.52. The Balaban J connectivity index is 1.93. The number of hydrogen-bond acceptors (Lipinski definition) is 3. The Bertz CT molecular complexity index is 451. The number of anilines is 1. The number of benzene rings is 1. The summed E-state index contributed by atoms with van der Waals surface area (Å²) in [5.74, 6) is -0.00124. The van der Waals surface area contributed by atoms with E-state index in [4.69, 9.17) is 0 Å². The minimum Gasteiger partial charge on any atom is -0.326 e. The molecular weight excluding hydrogens is 228 g/mol. The van der Waals surface area contributed by atoms with Gasteiger partial charge in [-0.15, -0.1) is 0 Å². The normalized spacial score (nSPS) is 18.6. The van der Waals surface area contributed by atoms with Gasteiger partial charge in [-0.3, -0.25) is 9.59 Å². The highest BCUT2D eigenvalue weighted by Gasteiger charge is 2.17. The van der Waals surface area contributed by atoms with E-state index in [-0.39, 0.29) is 11.7 Å². The summed E-state index contributed by atoms with van der Waals surface area (Å²) in [6.07, 6.45) is 2.68. The minimum atomic E-state index is -0.00454. The van der Waals surface area contributed by atoms with Crippen molar-refractivity contribution in [2.75, 3.05) is 11.9 Å². The number of ketones is 1. The zero-order chi connectivity index (χ0) is 13.0. The van der Waals surface area contributed by atoms with Crippen LogP contribution in [0.1, 0.15) is 36.5 Å². The Morgan fingerprint density at radius 1 is 1.44 bits per heavy atom. The number of carbonyl (C=O) groups excluding carboxylic acids is 2. The van der Waals surface area contributed by atoms with Gasteiger partial charge in [-0.05, 0) is 38.4 Å². The van der Waals surface area contributed by atoms with Crippen LogP contribution in [-0.4, -0.2) is 24.3 Å². The number of hydrogen-bond donors (Lipinski definition) is 2. The lowest BCUT2D eigenvalue weighted by Gasteiger charge is -2.10. The van der Waals surface area contributed by atoms with Crippen LogP contribution in [0.15, 0.2) is 24.3 Å². The number of Topliss-reactive ketones (excluding diaryl/α,β-unsaturated/α-hetero) is 1. The molecule has 1 aromatic carbocycles. The van der Waals surface area contributed by atoms with Crippen LogP contribution in [0.4, 0.5) is 5.69 Å². The maximum Gasteiger partial charge on any atom is 0.225 e. The molecule has 96 valence electrons. The molecule has 1 saturated heterocycles. The first-order chi connectivity index (χ1) is 8.65. The van der Waals surface area contributed by atoms with Crippen LogP contribution in [-0.2, 0) is 4.79 Å². The summed E-state index contributed by atoms with van der Waals surface area (Å²) in [7, 11) is 0. The second-order valence-electron chi connectivity index (χ2n) is 4.68. The van der Waals surface area contributed by atoms with Crippen molar-refractivity contribution in [3.8, 4) is 0 Å². The highest BCUT2D eigenvalue weighted by Crippen LogP contribution is 2.13. The molecule has 1 fully saturated rings. The number of carbonyl (C=O) groups is 2. The fraction of sp³-hybridized carbons (Fsp3) is 0.429. The SMILES string of the molecule is CC(=O)c1cccc(NC(=O)CC2CCCN2)c1. The van der Waals surface area contributed by atoms with Crippen LogP contribution in [0.25, 0.3) is 0 Å². The van der Waals surface area contributed by atoms with E-state index in [1.807, 2.05) is 0 Å². The molecule has 2 N–H and O–H groups in total. The Kier molecular flexibility index (Phi) is 4.10. The Morgan fingerprint density at radius 2 is 2.28 bits per heavy atom. The highest BCUT2D eigenvalue weighted by molar-refractivity contribution is 5.97. The van der Waals surface area contributed by atoms with Crippen LogP contribution >= 0.6 is 0 Å². The van der Waals surface area contributed by atoms with Crippen LogP contribution < -0.4 is 10.6 Å². The highest BCUT2D eigenvalue weighted by atomic mass is 16.1. The molecule has 0 spiro atoms. The van der Waals surface area contributed by atoms with Crippen LogP contribution in [0.3, 0.4) is 0 Å². The second kappa shape index (κ2) is 5.78. The van der Waals surface area contributed by atoms with Crippen LogP contribution in [0.5, 0.6) is 0 Å². The molecule has 2 rings (SSSR count). The molecule has 1 aliphatic rings. The molecule has 4 nitrogen and oxygen atoms in total. The molecule has 0 saturated carbocycles. The first-order valence-corrected chi connectivity index (χ1v) is 6.29. The van der Waals surface area contributed by atoms with Gasteiger partial charge in [0.25, 0.3) is 0 Å². The van der Waals surface area contributed by atoms with Gasteiger partial charge < -0.3 is 10.6 Å². The van der Waals surface area contributed by atoms with Crippen molar-refractivity contribution in [2.45, 2.75) is 32.2 Å². The average Bonchev–Trinajstić information content (AvgIpc) is 2.82. The third kappa shape index (κ3) is 3.40. The van der Waals surface area contributed by atoms with Crippen molar-refractivity contribution >= 4 is 17.4 Å². The van der Waals surface area contributed by atoms with E-state index in [0.717, 1.165) is 19.4 Å². The fourth-order valence-corrected chi connectivity index (χ4v) is 2.18. The van der Waals surface area contributed by atoms with E-state index < -0.39 is 0 Å². The topological polar surface area (TPSA) is 58.2 Å². The molecule has 1 unspecified atom stereocenters. The van der Waals surface area contributed by atoms with Crippen LogP contribution in [0.2, 0.25) is 0 Å². The maximum atomic E-state index is 11.8. The lowest BCUT2D eigenvalue weighted by atomic mass is 10.1. The van der Waals surface area contributed by atoms with Gasteiger partial charge in [-0.2, -0.15) is 0 Å². The van der Waals surface area contributed by atoms with Crippen molar-refractivity contribution in [3.63, 3.8) is 0 Å². The number of nitrogens with one attached hydrogen (secondary N) is 2. The van der Waals surface area contributed by atoms with Crippen molar-refractivity contribution in [1.82, 2.24) is 5.32 Å². The van der Waals surface area contributed by atoms with Gasteiger partial charge in [0, 0.05) is 23.7 Å². The van der Waals surface area contributed by atoms with Crippen molar-refractivity contribution in [2.24, 2.45) is 0 Å². The van der Waals surface area contributed by atoms with Crippen LogP contribution in [0, 0.1) is 0 Å². The van der Waals surface area contributed by atoms with Crippen molar-refractivity contribution in [3.05, 3.63) is 29.8 Å². The lowest BCUT2D eigenvalue weighted by molar-refractivity contribution is -0.116. The molecule has 0 radical (unpaired) electrons. The predicted octanol–water partition coefficient (Wildman–Crippen LogP) is 1.97. The monoisotopic (exact) mass is 246 g/mol. The predicted molar refractivity (Wildman–Crippen MR) is 70.7 cm³/mol. The van der Waals surface area contributed by atoms with E-state index in [0.29, 0.717) is 23.7 Å². The molecule has 0 bridgehead atoms. The largest absolute Gasteiger partial charge is 0.326 e. The minimum absolute atomic E-state index is 0.00329. The van der Waals surface area contributed by atoms with E-state index in [9.17, 15) is 9.59 Å². The Hall–Kier alpha value is -1.68. The molecule has 1 amide bonds. The summed E-state index contributed by atoms with van der Waals surface area (Å²) in [5.41, 5.74) is 1.30. The van der Waals surface area contributed by atoms with Gasteiger partial charge in [0.2, 0.25) is 5.91 Å². The van der Waals surface area contributed by atoms with Gasteiger partial charge >= 0.3 is 0 Å². The first kappa shape index (κ1) is 12.8. The van der Waals surface area contributed by atoms with E-state index >= 15 is 0 Å². The van der Waals surface area contributed by atoms with E-state index in [1.54, 1.807) is 24.3 Å². The van der Waals surface area contributed by atoms with E-state index in [1.165, 1.54) is 6.92 Å². The summed E-state index contributed by atoms with van der Waals surface area (Å²) >= 11 is 0. The molecule has 18 heavy (non-hydrogen) atoms. The van der Waals surface area contributed by atoms with Gasteiger partial charge in [0.15, 0.2) is 5.78 Å². The fourth-order valence-electron chi connectivity index (χ4n) is 2.18. The zero-order valence-corrected chi connectivity index (χ0v) is 10.5. The summed E-state index contributed by atoms with van der Waals surface area (Å²) in [5, 5.41) is 6.12. The Morgan fingerprint density at radius 3 is 2.94 bits per heavy atom. The van der Waals surface area contributed by atoms with E-state index in [2.05, 4.69) is 10.6 Å². The average molecular weight is 246 g/mol. The third-order valence-electron chi connectivity index (χ3n) is 3.15. The molecule has 1 aromatic rings. The quantitative estimate of drug-likeness (QED) is 0.798. The molecule has 1 atom stereocenters. The number of rotatable bonds is 4. The maximum absolute atomic E-state index is 11.8. The second-order valence-corrected chi connectivity index (χ2v) is 4.68. The molecule has 1 heterocycles. The van der Waals surface area contributed by atoms with Gasteiger partial charge in [0.05, 0.1) is 0 Å². The summed E-state index contributed by atoms with van der Waals surface area (Å²) in [4.78, 5) is 23.1. The van der Waals surface area contributed by atoms with Gasteiger partial charge in [0.1, 0.15) is 0 Å². The van der Waals surface area contributed by atoms with Crippen molar-refractivity contribution < 1.29 is 9.59 Å². The smallest absolute Gasteiger partial charge is 0.225 e. The molecule has 1 aliphatic heterocycles.